The van der Waals surface area contributed by atoms with Crippen molar-refractivity contribution in [1.29, 1.82) is 0 Å². The number of rotatable bonds is 7. The number of hydrogen-bond donors (Lipinski definition) is 2. The van der Waals surface area contributed by atoms with Gasteiger partial charge in [-0.1, -0.05) is 0 Å². The Labute approximate surface area is 142 Å². The molecule has 1 fully saturated rings. The van der Waals surface area contributed by atoms with E-state index in [-0.39, 0.29) is 17.9 Å². The van der Waals surface area contributed by atoms with Crippen molar-refractivity contribution in [2.24, 2.45) is 5.92 Å². The number of benzene rings is 1. The van der Waals surface area contributed by atoms with Gasteiger partial charge in [-0.2, -0.15) is 0 Å². The lowest BCUT2D eigenvalue weighted by Gasteiger charge is -2.28. The average Bonchev–Trinajstić information content (AvgIpc) is 2.55. The van der Waals surface area contributed by atoms with Gasteiger partial charge in [0.25, 0.3) is 0 Å². The molecule has 0 bridgehead atoms. The molecule has 2 N–H and O–H groups in total. The first-order valence-corrected chi connectivity index (χ1v) is 8.32. The van der Waals surface area contributed by atoms with Gasteiger partial charge in [-0.05, 0) is 56.4 Å². The average molecular weight is 335 g/mol. The molecule has 0 spiro atoms. The molecule has 0 aromatic heterocycles. The number of carboxylic acid groups (broad SMARTS) is 1. The molecule has 1 aliphatic carbocycles. The Hall–Kier alpha value is -2.08. The van der Waals surface area contributed by atoms with E-state index in [1.807, 2.05) is 6.07 Å². The maximum Gasteiger partial charge on any atom is 0.338 e. The third kappa shape index (κ3) is 4.96. The van der Waals surface area contributed by atoms with E-state index in [9.17, 15) is 9.59 Å². The van der Waals surface area contributed by atoms with Crippen LogP contribution in [0.1, 0.15) is 48.5 Å². The molecular weight excluding hydrogens is 310 g/mol. The fourth-order valence-corrected chi connectivity index (χ4v) is 3.08. The standard InChI is InChI=1S/C18H25NO5/c1-3-24-18(22)14-8-12(11-23-2)9-16(10-14)19-15-6-4-13(5-7-15)17(20)21/h8-10,13,15,19H,3-7,11H2,1-2H3,(H,20,21). The fourth-order valence-electron chi connectivity index (χ4n) is 3.08. The van der Waals surface area contributed by atoms with Gasteiger partial charge < -0.3 is 19.9 Å². The highest BCUT2D eigenvalue weighted by Gasteiger charge is 2.26. The lowest BCUT2D eigenvalue weighted by Crippen LogP contribution is -2.29. The predicted octanol–water partition coefficient (Wildman–Crippen LogP) is 3.07. The number of aliphatic carboxylic acids is 1. The van der Waals surface area contributed by atoms with Gasteiger partial charge in [-0.15, -0.1) is 0 Å². The summed E-state index contributed by atoms with van der Waals surface area (Å²) in [6.45, 7) is 2.51. The number of carbonyl (C=O) groups is 2. The van der Waals surface area contributed by atoms with Crippen molar-refractivity contribution in [2.75, 3.05) is 19.0 Å². The molecule has 0 aliphatic heterocycles. The number of esters is 1. The molecule has 1 aliphatic rings. The van der Waals surface area contributed by atoms with Gasteiger partial charge in [-0.25, -0.2) is 4.79 Å². The van der Waals surface area contributed by atoms with E-state index in [1.165, 1.54) is 0 Å². The van der Waals surface area contributed by atoms with Gasteiger partial charge in [0.1, 0.15) is 0 Å². The van der Waals surface area contributed by atoms with Crippen LogP contribution in [0.3, 0.4) is 0 Å². The van der Waals surface area contributed by atoms with E-state index in [1.54, 1.807) is 26.2 Å². The normalized spacial score (nSPS) is 20.4. The van der Waals surface area contributed by atoms with Crippen LogP contribution in [0.5, 0.6) is 0 Å². The Balaban J connectivity index is 2.08. The van der Waals surface area contributed by atoms with Crippen LogP contribution in [-0.2, 0) is 20.9 Å². The van der Waals surface area contributed by atoms with Crippen molar-refractivity contribution >= 4 is 17.6 Å². The van der Waals surface area contributed by atoms with E-state index in [0.29, 0.717) is 31.6 Å². The number of nitrogens with one attached hydrogen (secondary N) is 1. The molecule has 6 heteroatoms. The molecule has 0 unspecified atom stereocenters. The van der Waals surface area contributed by atoms with E-state index < -0.39 is 5.97 Å². The number of carboxylic acids is 1. The van der Waals surface area contributed by atoms with Crippen LogP contribution in [0, 0.1) is 5.92 Å². The van der Waals surface area contributed by atoms with E-state index in [0.717, 1.165) is 24.1 Å². The van der Waals surface area contributed by atoms with E-state index in [2.05, 4.69) is 5.32 Å². The van der Waals surface area contributed by atoms with Crippen molar-refractivity contribution in [2.45, 2.75) is 45.3 Å². The predicted molar refractivity (Wildman–Crippen MR) is 90.1 cm³/mol. The minimum absolute atomic E-state index is 0.216. The molecule has 1 aromatic carbocycles. The number of methoxy groups -OCH3 is 1. The topological polar surface area (TPSA) is 84.9 Å². The van der Waals surface area contributed by atoms with Crippen LogP contribution in [0.25, 0.3) is 0 Å². The van der Waals surface area contributed by atoms with Crippen molar-refractivity contribution in [3.05, 3.63) is 29.3 Å². The Bertz CT molecular complexity index is 579. The monoisotopic (exact) mass is 335 g/mol. The second kappa shape index (κ2) is 8.68. The molecule has 24 heavy (non-hydrogen) atoms. The summed E-state index contributed by atoms with van der Waals surface area (Å²) in [5.41, 5.74) is 2.23. The maximum atomic E-state index is 12.0. The van der Waals surface area contributed by atoms with Gasteiger partial charge >= 0.3 is 11.9 Å². The summed E-state index contributed by atoms with van der Waals surface area (Å²) >= 11 is 0. The summed E-state index contributed by atoms with van der Waals surface area (Å²) in [7, 11) is 1.61. The van der Waals surface area contributed by atoms with Gasteiger partial charge in [0.15, 0.2) is 0 Å². The largest absolute Gasteiger partial charge is 0.481 e. The van der Waals surface area contributed by atoms with Crippen molar-refractivity contribution in [3.63, 3.8) is 0 Å². The molecule has 0 radical (unpaired) electrons. The van der Waals surface area contributed by atoms with E-state index >= 15 is 0 Å². The summed E-state index contributed by atoms with van der Waals surface area (Å²) in [5, 5.41) is 12.5. The Morgan fingerprint density at radius 1 is 1.21 bits per heavy atom. The molecule has 6 nitrogen and oxygen atoms in total. The summed E-state index contributed by atoms with van der Waals surface area (Å²) < 4.78 is 10.2. The van der Waals surface area contributed by atoms with Gasteiger partial charge in [0.05, 0.1) is 24.7 Å². The molecule has 1 saturated carbocycles. The van der Waals surface area contributed by atoms with Crippen LogP contribution in [-0.4, -0.2) is 36.8 Å². The Kier molecular flexibility index (Phi) is 6.61. The second-order valence-electron chi connectivity index (χ2n) is 6.10. The number of anilines is 1. The first-order valence-electron chi connectivity index (χ1n) is 8.32. The third-order valence-corrected chi connectivity index (χ3v) is 4.26. The molecule has 0 atom stereocenters. The smallest absolute Gasteiger partial charge is 0.338 e. The molecule has 0 amide bonds. The highest BCUT2D eigenvalue weighted by Crippen LogP contribution is 2.27. The molecule has 1 aromatic rings. The number of hydrogen-bond acceptors (Lipinski definition) is 5. The van der Waals surface area contributed by atoms with Crippen LogP contribution >= 0.6 is 0 Å². The summed E-state index contributed by atoms with van der Waals surface area (Å²) in [6, 6.07) is 5.72. The van der Waals surface area contributed by atoms with Crippen LogP contribution in [0.2, 0.25) is 0 Å². The van der Waals surface area contributed by atoms with E-state index in [4.69, 9.17) is 14.6 Å². The minimum Gasteiger partial charge on any atom is -0.481 e. The van der Waals surface area contributed by atoms with Crippen molar-refractivity contribution in [1.82, 2.24) is 0 Å². The number of carbonyl (C=O) groups excluding carboxylic acids is 1. The van der Waals surface area contributed by atoms with Crippen molar-refractivity contribution < 1.29 is 24.2 Å². The fraction of sp³-hybridized carbons (Fsp3) is 0.556. The van der Waals surface area contributed by atoms with Crippen LogP contribution in [0.4, 0.5) is 5.69 Å². The van der Waals surface area contributed by atoms with Crippen molar-refractivity contribution in [3.8, 4) is 0 Å². The Morgan fingerprint density at radius 2 is 1.92 bits per heavy atom. The quantitative estimate of drug-likeness (QED) is 0.745. The molecule has 132 valence electrons. The summed E-state index contributed by atoms with van der Waals surface area (Å²) in [6.07, 6.45) is 2.96. The van der Waals surface area contributed by atoms with Crippen LogP contribution < -0.4 is 5.32 Å². The SMILES string of the molecule is CCOC(=O)c1cc(COC)cc(NC2CCC(C(=O)O)CC2)c1. The molecule has 0 heterocycles. The van der Waals surface area contributed by atoms with Gasteiger partial charge in [0, 0.05) is 18.8 Å². The lowest BCUT2D eigenvalue weighted by molar-refractivity contribution is -0.142. The zero-order valence-electron chi connectivity index (χ0n) is 14.2. The summed E-state index contributed by atoms with van der Waals surface area (Å²) in [4.78, 5) is 23.0. The zero-order valence-corrected chi connectivity index (χ0v) is 14.2. The van der Waals surface area contributed by atoms with Gasteiger partial charge in [0.2, 0.25) is 0 Å². The lowest BCUT2D eigenvalue weighted by atomic mass is 9.86. The second-order valence-corrected chi connectivity index (χ2v) is 6.10. The minimum atomic E-state index is -0.708. The molecular formula is C18H25NO5. The van der Waals surface area contributed by atoms with Crippen LogP contribution in [0.15, 0.2) is 18.2 Å². The highest BCUT2D eigenvalue weighted by molar-refractivity contribution is 5.90. The highest BCUT2D eigenvalue weighted by atomic mass is 16.5. The summed E-state index contributed by atoms with van der Waals surface area (Å²) in [5.74, 6) is -1.30. The zero-order chi connectivity index (χ0) is 17.5. The Morgan fingerprint density at radius 3 is 2.50 bits per heavy atom. The third-order valence-electron chi connectivity index (χ3n) is 4.26. The maximum absolute atomic E-state index is 12.0. The molecule has 2 rings (SSSR count). The first kappa shape index (κ1) is 18.3. The number of ether oxygens (including phenoxy) is 2. The van der Waals surface area contributed by atoms with Gasteiger partial charge in [-0.3, -0.25) is 4.79 Å². The first-order chi connectivity index (χ1) is 11.5. The molecule has 0 saturated heterocycles.